The van der Waals surface area contributed by atoms with Crippen molar-refractivity contribution in [1.82, 2.24) is 0 Å². The van der Waals surface area contributed by atoms with Gasteiger partial charge in [0, 0.05) is 38.2 Å². The Morgan fingerprint density at radius 2 is 2.22 bits per heavy atom. The number of hydrogen-bond donors (Lipinski definition) is 2. The van der Waals surface area contributed by atoms with E-state index in [1.807, 2.05) is 19.1 Å². The van der Waals surface area contributed by atoms with Gasteiger partial charge in [0.05, 0.1) is 6.10 Å². The SMILES string of the molecule is C/C=C\CCC1CC(C(=O)CC(O)CC(O)(CC)OC)CC1=O. The van der Waals surface area contributed by atoms with Gasteiger partial charge in [-0.2, -0.15) is 0 Å². The monoisotopic (exact) mass is 326 g/mol. The molecule has 1 rings (SSSR count). The number of rotatable bonds is 10. The van der Waals surface area contributed by atoms with E-state index in [1.54, 1.807) is 6.92 Å². The molecule has 4 unspecified atom stereocenters. The molecule has 5 nitrogen and oxygen atoms in total. The van der Waals surface area contributed by atoms with Crippen LogP contribution in [0.3, 0.4) is 0 Å². The van der Waals surface area contributed by atoms with Gasteiger partial charge < -0.3 is 14.9 Å². The molecule has 4 atom stereocenters. The van der Waals surface area contributed by atoms with Gasteiger partial charge in [-0.3, -0.25) is 9.59 Å². The average Bonchev–Trinajstić information content (AvgIpc) is 2.88. The minimum atomic E-state index is -1.40. The Bertz CT molecular complexity index is 425. The molecular weight excluding hydrogens is 296 g/mol. The summed E-state index contributed by atoms with van der Waals surface area (Å²) in [6, 6.07) is 0. The van der Waals surface area contributed by atoms with Gasteiger partial charge in [-0.05, 0) is 32.6 Å². The third-order valence-corrected chi connectivity index (χ3v) is 4.77. The molecule has 0 radical (unpaired) electrons. The van der Waals surface area contributed by atoms with E-state index < -0.39 is 11.9 Å². The second-order valence-electron chi connectivity index (χ2n) is 6.48. The highest BCUT2D eigenvalue weighted by molar-refractivity contribution is 5.92. The molecule has 132 valence electrons. The van der Waals surface area contributed by atoms with Crippen molar-refractivity contribution < 1.29 is 24.5 Å². The highest BCUT2D eigenvalue weighted by Crippen LogP contribution is 2.33. The third-order valence-electron chi connectivity index (χ3n) is 4.77. The summed E-state index contributed by atoms with van der Waals surface area (Å²) in [6.07, 6.45) is 5.85. The lowest BCUT2D eigenvalue weighted by Crippen LogP contribution is -2.36. The number of hydrogen-bond acceptors (Lipinski definition) is 5. The Balaban J connectivity index is 2.47. The van der Waals surface area contributed by atoms with Crippen LogP contribution in [0.2, 0.25) is 0 Å². The molecule has 0 amide bonds. The minimum Gasteiger partial charge on any atom is -0.392 e. The van der Waals surface area contributed by atoms with Crippen LogP contribution >= 0.6 is 0 Å². The molecule has 0 spiro atoms. The molecular formula is C18H30O5. The van der Waals surface area contributed by atoms with E-state index >= 15 is 0 Å². The maximum atomic E-state index is 12.3. The Hall–Kier alpha value is -1.04. The van der Waals surface area contributed by atoms with Gasteiger partial charge in [0.2, 0.25) is 0 Å². The van der Waals surface area contributed by atoms with Crippen LogP contribution in [-0.2, 0) is 14.3 Å². The largest absolute Gasteiger partial charge is 0.392 e. The van der Waals surface area contributed by atoms with Gasteiger partial charge >= 0.3 is 0 Å². The van der Waals surface area contributed by atoms with E-state index in [2.05, 4.69) is 0 Å². The molecule has 0 aromatic carbocycles. The first-order valence-corrected chi connectivity index (χ1v) is 8.47. The van der Waals surface area contributed by atoms with Gasteiger partial charge in [-0.25, -0.2) is 0 Å². The maximum absolute atomic E-state index is 12.3. The fourth-order valence-corrected chi connectivity index (χ4v) is 3.17. The summed E-state index contributed by atoms with van der Waals surface area (Å²) in [5.74, 6) is -1.66. The number of ether oxygens (including phenoxy) is 1. The summed E-state index contributed by atoms with van der Waals surface area (Å²) < 4.78 is 4.98. The molecule has 1 fully saturated rings. The molecule has 23 heavy (non-hydrogen) atoms. The fourth-order valence-electron chi connectivity index (χ4n) is 3.17. The first-order valence-electron chi connectivity index (χ1n) is 8.47. The van der Waals surface area contributed by atoms with Gasteiger partial charge in [0.25, 0.3) is 0 Å². The fraction of sp³-hybridized carbons (Fsp3) is 0.778. The Morgan fingerprint density at radius 1 is 1.52 bits per heavy atom. The molecule has 1 saturated carbocycles. The van der Waals surface area contributed by atoms with E-state index in [4.69, 9.17) is 4.74 Å². The lowest BCUT2D eigenvalue weighted by atomic mass is 9.92. The van der Waals surface area contributed by atoms with Gasteiger partial charge in [0.1, 0.15) is 11.6 Å². The Morgan fingerprint density at radius 3 is 2.78 bits per heavy atom. The van der Waals surface area contributed by atoms with Crippen molar-refractivity contribution in [1.29, 1.82) is 0 Å². The summed E-state index contributed by atoms with van der Waals surface area (Å²) in [5.41, 5.74) is 0. The van der Waals surface area contributed by atoms with Gasteiger partial charge in [-0.1, -0.05) is 19.1 Å². The van der Waals surface area contributed by atoms with Crippen molar-refractivity contribution in [2.24, 2.45) is 11.8 Å². The molecule has 1 aliphatic rings. The predicted molar refractivity (Wildman–Crippen MR) is 87.8 cm³/mol. The van der Waals surface area contributed by atoms with Crippen molar-refractivity contribution >= 4 is 11.6 Å². The first kappa shape index (κ1) is 20.0. The predicted octanol–water partition coefficient (Wildman–Crippen LogP) is 2.39. The number of carbonyl (C=O) groups is 2. The quantitative estimate of drug-likeness (QED) is 0.476. The third kappa shape index (κ3) is 6.16. The zero-order valence-electron chi connectivity index (χ0n) is 14.5. The van der Waals surface area contributed by atoms with E-state index in [-0.39, 0.29) is 42.7 Å². The van der Waals surface area contributed by atoms with Crippen LogP contribution in [0.15, 0.2) is 12.2 Å². The second-order valence-corrected chi connectivity index (χ2v) is 6.48. The number of allylic oxidation sites excluding steroid dienone is 2. The minimum absolute atomic E-state index is 0.00285. The molecule has 0 bridgehead atoms. The average molecular weight is 326 g/mol. The van der Waals surface area contributed by atoms with Crippen LogP contribution in [-0.4, -0.2) is 40.8 Å². The van der Waals surface area contributed by atoms with Crippen LogP contribution in [0.1, 0.15) is 58.8 Å². The molecule has 0 aliphatic heterocycles. The molecule has 1 aliphatic carbocycles. The summed E-state index contributed by atoms with van der Waals surface area (Å²) in [7, 11) is 1.38. The van der Waals surface area contributed by atoms with E-state index in [0.717, 1.165) is 12.8 Å². The molecule has 0 saturated heterocycles. The van der Waals surface area contributed by atoms with E-state index in [1.165, 1.54) is 7.11 Å². The molecule has 0 heterocycles. The van der Waals surface area contributed by atoms with Gasteiger partial charge in [0.15, 0.2) is 5.79 Å². The van der Waals surface area contributed by atoms with Crippen molar-refractivity contribution in [3.63, 3.8) is 0 Å². The number of aliphatic hydroxyl groups excluding tert-OH is 1. The van der Waals surface area contributed by atoms with Crippen LogP contribution in [0, 0.1) is 11.8 Å². The number of ketones is 2. The lowest BCUT2D eigenvalue weighted by molar-refractivity contribution is -0.204. The number of carbonyl (C=O) groups excluding carboxylic acids is 2. The normalized spacial score (nSPS) is 25.7. The first-order chi connectivity index (χ1) is 10.8. The molecule has 0 aromatic heterocycles. The van der Waals surface area contributed by atoms with E-state index in [9.17, 15) is 19.8 Å². The van der Waals surface area contributed by atoms with Crippen molar-refractivity contribution in [2.75, 3.05) is 7.11 Å². The summed E-state index contributed by atoms with van der Waals surface area (Å²) in [4.78, 5) is 24.3. The zero-order chi connectivity index (χ0) is 17.5. The highest BCUT2D eigenvalue weighted by atomic mass is 16.6. The lowest BCUT2D eigenvalue weighted by Gasteiger charge is -2.27. The van der Waals surface area contributed by atoms with Crippen molar-refractivity contribution in [2.45, 2.75) is 70.7 Å². The summed E-state index contributed by atoms with van der Waals surface area (Å²) >= 11 is 0. The molecule has 5 heteroatoms. The Kier molecular flexibility index (Phi) is 8.09. The standard InChI is InChI=1S/C18H30O5/c1-4-6-7-8-13-9-14(10-16(13)20)17(21)11-15(19)12-18(22,5-2)23-3/h4,6,13-15,19,22H,5,7-12H2,1-3H3/b6-4-. The van der Waals surface area contributed by atoms with Gasteiger partial charge in [-0.15, -0.1) is 0 Å². The molecule has 0 aromatic rings. The summed E-state index contributed by atoms with van der Waals surface area (Å²) in [5, 5.41) is 20.1. The molecule has 2 N–H and O–H groups in total. The van der Waals surface area contributed by atoms with Crippen LogP contribution in [0.4, 0.5) is 0 Å². The zero-order valence-corrected chi connectivity index (χ0v) is 14.5. The van der Waals surface area contributed by atoms with Crippen LogP contribution in [0.25, 0.3) is 0 Å². The smallest absolute Gasteiger partial charge is 0.167 e. The second kappa shape index (κ2) is 9.30. The number of methoxy groups -OCH3 is 1. The maximum Gasteiger partial charge on any atom is 0.167 e. The van der Waals surface area contributed by atoms with Crippen LogP contribution < -0.4 is 0 Å². The van der Waals surface area contributed by atoms with Crippen LogP contribution in [0.5, 0.6) is 0 Å². The number of Topliss-reactive ketones (excluding diaryl/α,β-unsaturated/α-hetero) is 2. The number of aliphatic hydroxyl groups is 2. The summed E-state index contributed by atoms with van der Waals surface area (Å²) in [6.45, 7) is 3.70. The van der Waals surface area contributed by atoms with Crippen molar-refractivity contribution in [3.05, 3.63) is 12.2 Å². The van der Waals surface area contributed by atoms with Crippen molar-refractivity contribution in [3.8, 4) is 0 Å². The highest BCUT2D eigenvalue weighted by Gasteiger charge is 2.37. The Labute approximate surface area is 138 Å². The van der Waals surface area contributed by atoms with E-state index in [0.29, 0.717) is 12.8 Å². The topological polar surface area (TPSA) is 83.8 Å².